The molecule has 0 aromatic rings. The van der Waals surface area contributed by atoms with Gasteiger partial charge in [-0.1, -0.05) is 0 Å². The minimum Gasteiger partial charge on any atom is -0.394 e. The molecule has 0 spiro atoms. The van der Waals surface area contributed by atoms with E-state index in [2.05, 4.69) is 4.74 Å². The molecule has 6 N–H and O–H groups in total. The Morgan fingerprint density at radius 3 is 2.07 bits per heavy atom. The highest BCUT2D eigenvalue weighted by molar-refractivity contribution is 4.95. The van der Waals surface area contributed by atoms with Crippen molar-refractivity contribution in [3.63, 3.8) is 0 Å². The second-order valence-corrected chi connectivity index (χ2v) is 3.27. The van der Waals surface area contributed by atoms with Gasteiger partial charge >= 0.3 is 0 Å². The Kier molecular flexibility index (Phi) is 3.43. The van der Waals surface area contributed by atoms with Gasteiger partial charge in [0.25, 0.3) is 0 Å². The van der Waals surface area contributed by atoms with E-state index in [9.17, 15) is 20.4 Å². The first-order valence-corrected chi connectivity index (χ1v) is 4.12. The van der Waals surface area contributed by atoms with Crippen molar-refractivity contribution >= 4 is 0 Å². The Morgan fingerprint density at radius 2 is 1.64 bits per heavy atom. The first-order chi connectivity index (χ1) is 6.46. The normalized spacial score (nSPS) is 49.3. The third kappa shape index (κ3) is 1.75. The molecule has 0 aromatic carbocycles. The summed E-state index contributed by atoms with van der Waals surface area (Å²) in [5.74, 6) is -2.36. The molecule has 84 valence electrons. The van der Waals surface area contributed by atoms with E-state index in [1.165, 1.54) is 0 Å². The smallest absolute Gasteiger partial charge is 0.219 e. The fourth-order valence-electron chi connectivity index (χ4n) is 1.35. The highest BCUT2D eigenvalue weighted by Gasteiger charge is 2.52. The zero-order chi connectivity index (χ0) is 10.9. The maximum Gasteiger partial charge on any atom is 0.219 e. The molecule has 7 nitrogen and oxygen atoms in total. The lowest BCUT2D eigenvalue weighted by Crippen LogP contribution is -2.66. The van der Waals surface area contributed by atoms with Gasteiger partial charge in [0, 0.05) is 0 Å². The van der Waals surface area contributed by atoms with Gasteiger partial charge in [0.2, 0.25) is 5.79 Å². The maximum absolute atomic E-state index is 9.43. The van der Waals surface area contributed by atoms with Crippen LogP contribution in [-0.4, -0.2) is 74.1 Å². The van der Waals surface area contributed by atoms with E-state index in [0.29, 0.717) is 0 Å². The van der Waals surface area contributed by atoms with E-state index >= 15 is 0 Å². The van der Waals surface area contributed by atoms with Crippen molar-refractivity contribution in [3.8, 4) is 0 Å². The fourth-order valence-corrected chi connectivity index (χ4v) is 1.35. The van der Waals surface area contributed by atoms with Crippen molar-refractivity contribution in [1.29, 1.82) is 0 Å². The van der Waals surface area contributed by atoms with Crippen LogP contribution in [0.15, 0.2) is 0 Å². The van der Waals surface area contributed by atoms with Crippen LogP contribution in [0.25, 0.3) is 0 Å². The van der Waals surface area contributed by atoms with E-state index in [1.807, 2.05) is 0 Å². The second kappa shape index (κ2) is 4.07. The molecule has 0 bridgehead atoms. The number of rotatable bonds is 2. The summed E-state index contributed by atoms with van der Waals surface area (Å²) in [5.41, 5.74) is 0. The highest BCUT2D eigenvalue weighted by atomic mass is 16.7. The average molecular weight is 210 g/mol. The monoisotopic (exact) mass is 210 g/mol. The SMILES string of the molecule is OCC1OC(O)(CO)C(O)C(O)C1O. The quantitative estimate of drug-likeness (QED) is 0.275. The van der Waals surface area contributed by atoms with Crippen molar-refractivity contribution < 1.29 is 35.4 Å². The van der Waals surface area contributed by atoms with Crippen LogP contribution in [-0.2, 0) is 4.74 Å². The minimum absolute atomic E-state index is 0.646. The summed E-state index contributed by atoms with van der Waals surface area (Å²) in [6, 6.07) is 0. The van der Waals surface area contributed by atoms with Gasteiger partial charge in [-0.05, 0) is 0 Å². The van der Waals surface area contributed by atoms with Crippen molar-refractivity contribution in [1.82, 2.24) is 0 Å². The molecular weight excluding hydrogens is 196 g/mol. The van der Waals surface area contributed by atoms with E-state index < -0.39 is 43.4 Å². The van der Waals surface area contributed by atoms with Crippen molar-refractivity contribution in [3.05, 3.63) is 0 Å². The van der Waals surface area contributed by atoms with E-state index in [4.69, 9.17) is 10.2 Å². The van der Waals surface area contributed by atoms with E-state index in [1.54, 1.807) is 0 Å². The van der Waals surface area contributed by atoms with Gasteiger partial charge in [-0.2, -0.15) is 0 Å². The summed E-state index contributed by atoms with van der Waals surface area (Å²) in [7, 11) is 0. The molecule has 0 saturated carbocycles. The Balaban J connectivity index is 2.84. The zero-order valence-electron chi connectivity index (χ0n) is 7.32. The minimum atomic E-state index is -2.36. The van der Waals surface area contributed by atoms with Crippen LogP contribution in [0.5, 0.6) is 0 Å². The molecule has 5 atom stereocenters. The predicted octanol–water partition coefficient (Wildman–Crippen LogP) is -3.86. The van der Waals surface area contributed by atoms with Crippen molar-refractivity contribution in [2.24, 2.45) is 0 Å². The molecule has 0 radical (unpaired) electrons. The number of hydrogen-bond acceptors (Lipinski definition) is 7. The molecule has 1 aliphatic heterocycles. The first-order valence-electron chi connectivity index (χ1n) is 4.12. The van der Waals surface area contributed by atoms with Crippen molar-refractivity contribution in [2.45, 2.75) is 30.2 Å². The number of aliphatic hydroxyl groups is 6. The summed E-state index contributed by atoms with van der Waals surface area (Å²) in [4.78, 5) is 0. The maximum atomic E-state index is 9.43. The molecule has 1 saturated heterocycles. The largest absolute Gasteiger partial charge is 0.394 e. The number of aliphatic hydroxyl groups excluding tert-OH is 5. The Bertz CT molecular complexity index is 196. The molecular formula is C7H14O7. The molecule has 1 fully saturated rings. The molecule has 1 rings (SSSR count). The van der Waals surface area contributed by atoms with Crippen LogP contribution in [0.4, 0.5) is 0 Å². The lowest BCUT2D eigenvalue weighted by Gasteiger charge is -2.44. The van der Waals surface area contributed by atoms with Gasteiger partial charge in [0.15, 0.2) is 0 Å². The summed E-state index contributed by atoms with van der Waals surface area (Å²) < 4.78 is 4.66. The molecule has 14 heavy (non-hydrogen) atoms. The third-order valence-corrected chi connectivity index (χ3v) is 2.28. The standard InChI is InChI=1S/C7H14O7/c8-1-3-4(10)5(11)6(12)7(13,2-9)14-3/h3-6,8-13H,1-2H2. The number of ether oxygens (including phenoxy) is 1. The van der Waals surface area contributed by atoms with Crippen LogP contribution < -0.4 is 0 Å². The second-order valence-electron chi connectivity index (χ2n) is 3.27. The molecule has 0 aromatic heterocycles. The molecule has 0 amide bonds. The van der Waals surface area contributed by atoms with Gasteiger partial charge in [-0.25, -0.2) is 0 Å². The van der Waals surface area contributed by atoms with Crippen molar-refractivity contribution in [2.75, 3.05) is 13.2 Å². The summed E-state index contributed by atoms with van der Waals surface area (Å²) >= 11 is 0. The van der Waals surface area contributed by atoms with Gasteiger partial charge in [0.1, 0.15) is 24.4 Å². The van der Waals surface area contributed by atoms with Gasteiger partial charge in [-0.3, -0.25) is 0 Å². The van der Waals surface area contributed by atoms with Crippen LogP contribution in [0.3, 0.4) is 0 Å². The topological polar surface area (TPSA) is 131 Å². The number of hydrogen-bond donors (Lipinski definition) is 6. The molecule has 0 aliphatic carbocycles. The van der Waals surface area contributed by atoms with Gasteiger partial charge in [0.05, 0.1) is 13.2 Å². The summed E-state index contributed by atoms with van der Waals surface area (Å²) in [5, 5.41) is 54.6. The van der Waals surface area contributed by atoms with Crippen LogP contribution in [0.2, 0.25) is 0 Å². The van der Waals surface area contributed by atoms with Gasteiger partial charge in [-0.15, -0.1) is 0 Å². The predicted molar refractivity (Wildman–Crippen MR) is 42.0 cm³/mol. The van der Waals surface area contributed by atoms with Gasteiger partial charge < -0.3 is 35.4 Å². The third-order valence-electron chi connectivity index (χ3n) is 2.28. The lowest BCUT2D eigenvalue weighted by atomic mass is 9.93. The fraction of sp³-hybridized carbons (Fsp3) is 1.00. The first kappa shape index (κ1) is 11.8. The van der Waals surface area contributed by atoms with E-state index in [-0.39, 0.29) is 0 Å². The Labute approximate surface area is 79.8 Å². The molecule has 7 heteroatoms. The molecule has 1 heterocycles. The lowest BCUT2D eigenvalue weighted by molar-refractivity contribution is -0.357. The highest BCUT2D eigenvalue weighted by Crippen LogP contribution is 2.27. The summed E-state index contributed by atoms with van der Waals surface area (Å²) in [6.07, 6.45) is -6.27. The zero-order valence-corrected chi connectivity index (χ0v) is 7.32. The van der Waals surface area contributed by atoms with Crippen LogP contribution in [0.1, 0.15) is 0 Å². The van der Waals surface area contributed by atoms with E-state index in [0.717, 1.165) is 0 Å². The summed E-state index contributed by atoms with van der Waals surface area (Å²) in [6.45, 7) is -1.60. The van der Waals surface area contributed by atoms with Crippen LogP contribution in [0, 0.1) is 0 Å². The Morgan fingerprint density at radius 1 is 1.07 bits per heavy atom. The van der Waals surface area contributed by atoms with Crippen LogP contribution >= 0.6 is 0 Å². The Hall–Kier alpha value is -0.280. The molecule has 5 unspecified atom stereocenters. The average Bonchev–Trinajstić information content (AvgIpc) is 2.20. The molecule has 1 aliphatic rings.